The molecule has 0 aliphatic rings. The zero-order valence-electron chi connectivity index (χ0n) is 16.3. The lowest BCUT2D eigenvalue weighted by atomic mass is 10.1. The van der Waals surface area contributed by atoms with E-state index in [-0.39, 0.29) is 5.97 Å². The van der Waals surface area contributed by atoms with Gasteiger partial charge in [0.1, 0.15) is 0 Å². The number of ether oxygens (including phenoxy) is 1. The Hall–Kier alpha value is -0.790. The van der Waals surface area contributed by atoms with Crippen LogP contribution >= 0.6 is 0 Å². The van der Waals surface area contributed by atoms with Crippen LogP contribution in [0.4, 0.5) is 0 Å². The second-order valence-corrected chi connectivity index (χ2v) is 7.00. The van der Waals surface area contributed by atoms with Crippen molar-refractivity contribution in [2.75, 3.05) is 6.61 Å². The Morgan fingerprint density at radius 2 is 1.25 bits per heavy atom. The lowest BCUT2D eigenvalue weighted by molar-refractivity contribution is -0.143. The summed E-state index contributed by atoms with van der Waals surface area (Å²) in [5, 5.41) is 0. The minimum atomic E-state index is 0.00364. The van der Waals surface area contributed by atoms with Crippen molar-refractivity contribution in [1.82, 2.24) is 0 Å². The minimum absolute atomic E-state index is 0.00364. The van der Waals surface area contributed by atoms with Crippen molar-refractivity contribution in [3.8, 4) is 0 Å². The van der Waals surface area contributed by atoms with E-state index in [1.165, 1.54) is 83.5 Å². The Kier molecular flexibility index (Phi) is 19.6. The van der Waals surface area contributed by atoms with E-state index >= 15 is 0 Å². The number of carbonyl (C=O) groups is 1. The Morgan fingerprint density at radius 1 is 0.750 bits per heavy atom. The van der Waals surface area contributed by atoms with Gasteiger partial charge in [0.2, 0.25) is 0 Å². The van der Waals surface area contributed by atoms with E-state index in [1.807, 2.05) is 6.08 Å². The zero-order valence-corrected chi connectivity index (χ0v) is 16.3. The second-order valence-electron chi connectivity index (χ2n) is 7.00. The number of unbranched alkanes of at least 4 members (excludes halogenated alkanes) is 14. The van der Waals surface area contributed by atoms with Gasteiger partial charge in [0.05, 0.1) is 6.61 Å². The molecule has 2 heteroatoms. The van der Waals surface area contributed by atoms with Gasteiger partial charge < -0.3 is 4.74 Å². The highest BCUT2D eigenvalue weighted by atomic mass is 16.5. The van der Waals surface area contributed by atoms with Crippen molar-refractivity contribution in [1.29, 1.82) is 0 Å². The largest absolute Gasteiger partial charge is 0.466 e. The molecule has 0 bridgehead atoms. The van der Waals surface area contributed by atoms with E-state index in [2.05, 4.69) is 13.5 Å². The molecule has 0 spiro atoms. The summed E-state index contributed by atoms with van der Waals surface area (Å²) in [7, 11) is 0. The number of rotatable bonds is 19. The summed E-state index contributed by atoms with van der Waals surface area (Å²) in [6.07, 6.45) is 22.6. The molecule has 0 aliphatic heterocycles. The summed E-state index contributed by atoms with van der Waals surface area (Å²) >= 11 is 0. The SMILES string of the molecule is C=CCCCCCCCCOC(=O)CCCCCCCCCCC. The second kappa shape index (κ2) is 20.3. The Balaban J connectivity index is 3.14. The van der Waals surface area contributed by atoms with Crippen molar-refractivity contribution in [3.05, 3.63) is 12.7 Å². The van der Waals surface area contributed by atoms with E-state index in [9.17, 15) is 4.79 Å². The van der Waals surface area contributed by atoms with E-state index in [4.69, 9.17) is 4.74 Å². The maximum absolute atomic E-state index is 11.6. The van der Waals surface area contributed by atoms with Crippen molar-refractivity contribution in [2.24, 2.45) is 0 Å². The van der Waals surface area contributed by atoms with Gasteiger partial charge in [-0.25, -0.2) is 0 Å². The van der Waals surface area contributed by atoms with Crippen LogP contribution in [0.5, 0.6) is 0 Å². The van der Waals surface area contributed by atoms with Gasteiger partial charge in [0.25, 0.3) is 0 Å². The molecule has 0 N–H and O–H groups in total. The fourth-order valence-electron chi connectivity index (χ4n) is 2.94. The van der Waals surface area contributed by atoms with Gasteiger partial charge in [0.15, 0.2) is 0 Å². The molecule has 0 rings (SSSR count). The van der Waals surface area contributed by atoms with Crippen molar-refractivity contribution in [2.45, 2.75) is 116 Å². The molecule has 0 fully saturated rings. The lowest BCUT2D eigenvalue weighted by Crippen LogP contribution is -2.05. The topological polar surface area (TPSA) is 26.3 Å². The third-order valence-electron chi connectivity index (χ3n) is 4.55. The smallest absolute Gasteiger partial charge is 0.305 e. The number of allylic oxidation sites excluding steroid dienone is 1. The fourth-order valence-corrected chi connectivity index (χ4v) is 2.94. The van der Waals surface area contributed by atoms with Crippen LogP contribution in [-0.4, -0.2) is 12.6 Å². The molecule has 142 valence electrons. The fraction of sp³-hybridized carbons (Fsp3) is 0.864. The minimum Gasteiger partial charge on any atom is -0.466 e. The maximum atomic E-state index is 11.6. The highest BCUT2D eigenvalue weighted by Gasteiger charge is 2.02. The predicted molar refractivity (Wildman–Crippen MR) is 105 cm³/mol. The van der Waals surface area contributed by atoms with Gasteiger partial charge >= 0.3 is 5.97 Å². The average molecular weight is 339 g/mol. The van der Waals surface area contributed by atoms with Crippen LogP contribution in [-0.2, 0) is 9.53 Å². The highest BCUT2D eigenvalue weighted by Crippen LogP contribution is 2.11. The third kappa shape index (κ3) is 19.3. The molecule has 0 saturated heterocycles. The third-order valence-corrected chi connectivity index (χ3v) is 4.55. The van der Waals surface area contributed by atoms with Gasteiger partial charge in [-0.15, -0.1) is 6.58 Å². The Bertz CT molecular complexity index is 273. The number of esters is 1. The first-order chi connectivity index (χ1) is 11.8. The molecule has 0 aliphatic carbocycles. The van der Waals surface area contributed by atoms with Gasteiger partial charge in [-0.2, -0.15) is 0 Å². The first kappa shape index (κ1) is 23.2. The van der Waals surface area contributed by atoms with Crippen LogP contribution in [0.1, 0.15) is 116 Å². The Labute approximate surface area is 151 Å². The first-order valence-corrected chi connectivity index (χ1v) is 10.6. The highest BCUT2D eigenvalue weighted by molar-refractivity contribution is 5.69. The molecule has 0 amide bonds. The van der Waals surface area contributed by atoms with Crippen LogP contribution in [0.3, 0.4) is 0 Å². The molecule has 0 radical (unpaired) electrons. The van der Waals surface area contributed by atoms with Crippen LogP contribution in [0.2, 0.25) is 0 Å². The number of hydrogen-bond donors (Lipinski definition) is 0. The molecular weight excluding hydrogens is 296 g/mol. The zero-order chi connectivity index (χ0) is 17.7. The van der Waals surface area contributed by atoms with Crippen LogP contribution in [0.15, 0.2) is 12.7 Å². The van der Waals surface area contributed by atoms with Gasteiger partial charge in [0, 0.05) is 6.42 Å². The maximum Gasteiger partial charge on any atom is 0.305 e. The van der Waals surface area contributed by atoms with Gasteiger partial charge in [-0.3, -0.25) is 4.79 Å². The summed E-state index contributed by atoms with van der Waals surface area (Å²) in [5.41, 5.74) is 0. The molecule has 0 aromatic heterocycles. The van der Waals surface area contributed by atoms with Crippen molar-refractivity contribution < 1.29 is 9.53 Å². The standard InChI is InChI=1S/C22H42O2/c1-3-5-7-9-11-13-14-16-18-20-22(23)24-21-19-17-15-12-10-8-6-4-2/h4H,2-3,5-21H2,1H3. The van der Waals surface area contributed by atoms with E-state index in [0.29, 0.717) is 13.0 Å². The van der Waals surface area contributed by atoms with Crippen LogP contribution in [0.25, 0.3) is 0 Å². The summed E-state index contributed by atoms with van der Waals surface area (Å²) in [4.78, 5) is 11.6. The monoisotopic (exact) mass is 338 g/mol. The normalized spacial score (nSPS) is 10.7. The van der Waals surface area contributed by atoms with Crippen molar-refractivity contribution in [3.63, 3.8) is 0 Å². The predicted octanol–water partition coefficient (Wildman–Crippen LogP) is 7.37. The van der Waals surface area contributed by atoms with E-state index in [1.54, 1.807) is 0 Å². The van der Waals surface area contributed by atoms with Gasteiger partial charge in [-0.05, 0) is 25.7 Å². The molecule has 0 unspecified atom stereocenters. The lowest BCUT2D eigenvalue weighted by Gasteiger charge is -2.05. The summed E-state index contributed by atoms with van der Waals surface area (Å²) in [6.45, 7) is 6.61. The Morgan fingerprint density at radius 3 is 1.83 bits per heavy atom. The van der Waals surface area contributed by atoms with Crippen LogP contribution in [0, 0.1) is 0 Å². The first-order valence-electron chi connectivity index (χ1n) is 10.6. The van der Waals surface area contributed by atoms with Crippen molar-refractivity contribution >= 4 is 5.97 Å². The molecule has 0 heterocycles. The van der Waals surface area contributed by atoms with E-state index < -0.39 is 0 Å². The molecular formula is C22H42O2. The van der Waals surface area contributed by atoms with Crippen LogP contribution < -0.4 is 0 Å². The summed E-state index contributed by atoms with van der Waals surface area (Å²) < 4.78 is 5.31. The number of carbonyl (C=O) groups excluding carboxylic acids is 1. The quantitative estimate of drug-likeness (QED) is 0.140. The summed E-state index contributed by atoms with van der Waals surface area (Å²) in [6, 6.07) is 0. The molecule has 2 nitrogen and oxygen atoms in total. The van der Waals surface area contributed by atoms with E-state index in [0.717, 1.165) is 19.3 Å². The molecule has 0 aromatic rings. The molecule has 0 atom stereocenters. The molecule has 0 saturated carbocycles. The molecule has 0 aromatic carbocycles. The van der Waals surface area contributed by atoms with Gasteiger partial charge in [-0.1, -0.05) is 90.0 Å². The average Bonchev–Trinajstić information content (AvgIpc) is 2.59. The molecule has 24 heavy (non-hydrogen) atoms. The summed E-state index contributed by atoms with van der Waals surface area (Å²) in [5.74, 6) is 0.00364. The number of hydrogen-bond acceptors (Lipinski definition) is 2.